The fraction of sp³-hybridized carbons (Fsp3) is 0.278. The number of benzene rings is 1. The minimum atomic E-state index is -0.0935. The summed E-state index contributed by atoms with van der Waals surface area (Å²) < 4.78 is 6.56. The Morgan fingerprint density at radius 3 is 3.00 bits per heavy atom. The Balaban J connectivity index is 1.55. The second-order valence-corrected chi connectivity index (χ2v) is 6.62. The fourth-order valence-corrected chi connectivity index (χ4v) is 3.53. The molecule has 1 amide bonds. The maximum Gasteiger partial charge on any atom is 0.276 e. The van der Waals surface area contributed by atoms with E-state index in [4.69, 9.17) is 16.3 Å². The van der Waals surface area contributed by atoms with Crippen molar-refractivity contribution >= 4 is 23.2 Å². The molecule has 0 atom stereocenters. The van der Waals surface area contributed by atoms with Crippen LogP contribution in [0.25, 0.3) is 5.65 Å². The number of fused-ring (bicyclic) bond motifs is 2. The standard InChI is InChI=1S/C18H17ClN4O3/c1-26-15-3-2-11(8-13(15)19)9-17(24)22-7-5-12-14(10-22)21-16-4-6-20-23(16)18(12)25/h2-4,6,8,20H,5,7,9-10H2,1H3. The summed E-state index contributed by atoms with van der Waals surface area (Å²) >= 11 is 6.13. The smallest absolute Gasteiger partial charge is 0.276 e. The van der Waals surface area contributed by atoms with Crippen molar-refractivity contribution in [3.8, 4) is 5.75 Å². The number of methoxy groups -OCH3 is 1. The largest absolute Gasteiger partial charge is 0.495 e. The summed E-state index contributed by atoms with van der Waals surface area (Å²) in [5.41, 5.74) is 2.62. The number of carbonyl (C=O) groups is 1. The number of halogens is 1. The van der Waals surface area contributed by atoms with Gasteiger partial charge < -0.3 is 9.64 Å². The van der Waals surface area contributed by atoms with Crippen LogP contribution in [0, 0.1) is 0 Å². The van der Waals surface area contributed by atoms with Gasteiger partial charge in [-0.3, -0.25) is 14.7 Å². The van der Waals surface area contributed by atoms with E-state index in [1.807, 2.05) is 6.07 Å². The van der Waals surface area contributed by atoms with Crippen LogP contribution in [0.1, 0.15) is 16.8 Å². The van der Waals surface area contributed by atoms with Gasteiger partial charge >= 0.3 is 0 Å². The van der Waals surface area contributed by atoms with Gasteiger partial charge in [-0.15, -0.1) is 0 Å². The van der Waals surface area contributed by atoms with E-state index in [9.17, 15) is 9.59 Å². The molecular formula is C18H17ClN4O3. The minimum Gasteiger partial charge on any atom is -0.495 e. The molecule has 1 aromatic carbocycles. The van der Waals surface area contributed by atoms with Gasteiger partial charge in [0, 0.05) is 24.4 Å². The number of nitrogens with zero attached hydrogens (tertiary/aromatic N) is 3. The first-order valence-electron chi connectivity index (χ1n) is 8.25. The number of aromatic amines is 1. The molecule has 0 saturated carbocycles. The first-order chi connectivity index (χ1) is 12.6. The molecule has 0 bridgehead atoms. The van der Waals surface area contributed by atoms with Gasteiger partial charge in [-0.05, 0) is 24.1 Å². The Morgan fingerprint density at radius 2 is 2.23 bits per heavy atom. The van der Waals surface area contributed by atoms with Crippen molar-refractivity contribution < 1.29 is 9.53 Å². The predicted molar refractivity (Wildman–Crippen MR) is 96.6 cm³/mol. The van der Waals surface area contributed by atoms with E-state index < -0.39 is 0 Å². The lowest BCUT2D eigenvalue weighted by atomic mass is 10.0. The molecule has 1 aliphatic rings. The molecule has 0 fully saturated rings. The maximum absolute atomic E-state index is 12.7. The number of H-pyrrole nitrogens is 1. The number of amides is 1. The third-order valence-electron chi connectivity index (χ3n) is 4.62. The number of hydrogen-bond acceptors (Lipinski definition) is 4. The molecule has 8 heteroatoms. The second-order valence-electron chi connectivity index (χ2n) is 6.21. The first kappa shape index (κ1) is 16.7. The average molecular weight is 373 g/mol. The quantitative estimate of drug-likeness (QED) is 0.760. The molecule has 1 aliphatic heterocycles. The van der Waals surface area contributed by atoms with Gasteiger partial charge in [0.25, 0.3) is 5.56 Å². The molecule has 7 nitrogen and oxygen atoms in total. The van der Waals surface area contributed by atoms with Gasteiger partial charge in [-0.25, -0.2) is 9.50 Å². The molecule has 3 aromatic rings. The number of carbonyl (C=O) groups excluding carboxylic acids is 1. The van der Waals surface area contributed by atoms with Gasteiger partial charge in [-0.2, -0.15) is 0 Å². The van der Waals surface area contributed by atoms with Gasteiger partial charge in [0.1, 0.15) is 5.75 Å². The predicted octanol–water partition coefficient (Wildman–Crippen LogP) is 1.81. The van der Waals surface area contributed by atoms with E-state index in [1.54, 1.807) is 36.4 Å². The highest BCUT2D eigenvalue weighted by Crippen LogP contribution is 2.25. The first-order valence-corrected chi connectivity index (χ1v) is 8.62. The molecule has 0 aliphatic carbocycles. The molecule has 26 heavy (non-hydrogen) atoms. The molecule has 4 rings (SSSR count). The number of aromatic nitrogens is 3. The zero-order valence-corrected chi connectivity index (χ0v) is 14.9. The van der Waals surface area contributed by atoms with Crippen LogP contribution in [0.3, 0.4) is 0 Å². The Bertz CT molecular complexity index is 1060. The van der Waals surface area contributed by atoms with Crippen molar-refractivity contribution in [3.63, 3.8) is 0 Å². The molecule has 134 valence electrons. The molecule has 0 radical (unpaired) electrons. The zero-order valence-electron chi connectivity index (χ0n) is 14.2. The van der Waals surface area contributed by atoms with Crippen LogP contribution in [0.2, 0.25) is 5.02 Å². The second kappa shape index (κ2) is 6.49. The highest BCUT2D eigenvalue weighted by atomic mass is 35.5. The van der Waals surface area contributed by atoms with E-state index in [-0.39, 0.29) is 17.9 Å². The molecule has 2 aromatic heterocycles. The van der Waals surface area contributed by atoms with Crippen molar-refractivity contribution in [2.45, 2.75) is 19.4 Å². The topological polar surface area (TPSA) is 79.7 Å². The number of rotatable bonds is 3. The Hall–Kier alpha value is -2.80. The van der Waals surface area contributed by atoms with E-state index in [1.165, 1.54) is 4.52 Å². The minimum absolute atomic E-state index is 0.0204. The molecule has 1 N–H and O–H groups in total. The van der Waals surface area contributed by atoms with Crippen LogP contribution < -0.4 is 10.3 Å². The third kappa shape index (κ3) is 2.84. The lowest BCUT2D eigenvalue weighted by molar-refractivity contribution is -0.131. The van der Waals surface area contributed by atoms with Gasteiger partial charge in [-0.1, -0.05) is 17.7 Å². The number of ether oxygens (including phenoxy) is 1. The lowest BCUT2D eigenvalue weighted by Gasteiger charge is -2.27. The Labute approximate surface area is 154 Å². The number of nitrogens with one attached hydrogen (secondary N) is 1. The molecule has 0 saturated heterocycles. The molecule has 0 spiro atoms. The van der Waals surface area contributed by atoms with Crippen molar-refractivity contribution in [1.29, 1.82) is 0 Å². The van der Waals surface area contributed by atoms with Crippen molar-refractivity contribution in [2.75, 3.05) is 13.7 Å². The SMILES string of the molecule is COc1ccc(CC(=O)N2CCc3c(nc4cc[nH]n4c3=O)C2)cc1Cl. The van der Waals surface area contributed by atoms with Crippen LogP contribution in [0.5, 0.6) is 5.75 Å². The molecule has 0 unspecified atom stereocenters. The van der Waals surface area contributed by atoms with Crippen molar-refractivity contribution in [1.82, 2.24) is 19.5 Å². The summed E-state index contributed by atoms with van der Waals surface area (Å²) in [5, 5.41) is 3.34. The van der Waals surface area contributed by atoms with E-state index in [2.05, 4.69) is 10.1 Å². The normalized spacial score (nSPS) is 13.7. The van der Waals surface area contributed by atoms with E-state index >= 15 is 0 Å². The molecule has 3 heterocycles. The summed E-state index contributed by atoms with van der Waals surface area (Å²) in [6, 6.07) is 7.06. The van der Waals surface area contributed by atoms with Crippen molar-refractivity contribution in [3.05, 3.63) is 62.7 Å². The molecular weight excluding hydrogens is 356 g/mol. The summed E-state index contributed by atoms with van der Waals surface area (Å²) in [6.07, 6.45) is 2.41. The lowest BCUT2D eigenvalue weighted by Crippen LogP contribution is -2.40. The van der Waals surface area contributed by atoms with E-state index in [0.717, 1.165) is 5.56 Å². The van der Waals surface area contributed by atoms with Crippen LogP contribution in [0.4, 0.5) is 0 Å². The fourth-order valence-electron chi connectivity index (χ4n) is 3.25. The van der Waals surface area contributed by atoms with Gasteiger partial charge in [0.15, 0.2) is 5.65 Å². The Morgan fingerprint density at radius 1 is 1.38 bits per heavy atom. The maximum atomic E-state index is 12.7. The van der Waals surface area contributed by atoms with Crippen LogP contribution in [-0.4, -0.2) is 39.1 Å². The van der Waals surface area contributed by atoms with Crippen LogP contribution in [0.15, 0.2) is 35.3 Å². The Kier molecular flexibility index (Phi) is 4.16. The van der Waals surface area contributed by atoms with Crippen LogP contribution >= 0.6 is 11.6 Å². The monoisotopic (exact) mass is 372 g/mol. The summed E-state index contributed by atoms with van der Waals surface area (Å²) in [4.78, 5) is 31.4. The summed E-state index contributed by atoms with van der Waals surface area (Å²) in [6.45, 7) is 0.842. The zero-order chi connectivity index (χ0) is 18.3. The highest BCUT2D eigenvalue weighted by Gasteiger charge is 2.25. The summed E-state index contributed by atoms with van der Waals surface area (Å²) in [5.74, 6) is 0.558. The van der Waals surface area contributed by atoms with Gasteiger partial charge in [0.2, 0.25) is 5.91 Å². The summed E-state index contributed by atoms with van der Waals surface area (Å²) in [7, 11) is 1.55. The average Bonchev–Trinajstić information content (AvgIpc) is 3.10. The number of hydrogen-bond donors (Lipinski definition) is 1. The van der Waals surface area contributed by atoms with Crippen molar-refractivity contribution in [2.24, 2.45) is 0 Å². The van der Waals surface area contributed by atoms with Crippen LogP contribution in [-0.2, 0) is 24.2 Å². The van der Waals surface area contributed by atoms with E-state index in [0.29, 0.717) is 47.2 Å². The third-order valence-corrected chi connectivity index (χ3v) is 4.92. The highest BCUT2D eigenvalue weighted by molar-refractivity contribution is 6.32. The van der Waals surface area contributed by atoms with Gasteiger partial charge in [0.05, 0.1) is 30.8 Å².